The first-order valence-electron chi connectivity index (χ1n) is 9.82. The SMILES string of the molecule is Cc1ccc(-n2cnnc2SCC(=O)Nc2sc(C)c(-c3ccccc3)c2C(N)=O)cc1. The van der Waals surface area contributed by atoms with E-state index in [0.29, 0.717) is 15.7 Å². The molecular weight excluding hydrogens is 442 g/mol. The molecule has 0 unspecified atom stereocenters. The Morgan fingerprint density at radius 2 is 1.81 bits per heavy atom. The molecule has 3 N–H and O–H groups in total. The van der Waals surface area contributed by atoms with Crippen molar-refractivity contribution in [3.05, 3.63) is 76.9 Å². The fraction of sp³-hybridized carbons (Fsp3) is 0.130. The summed E-state index contributed by atoms with van der Waals surface area (Å²) < 4.78 is 1.83. The van der Waals surface area contributed by atoms with Gasteiger partial charge in [-0.05, 0) is 31.5 Å². The van der Waals surface area contributed by atoms with Gasteiger partial charge in [0, 0.05) is 16.1 Å². The average Bonchev–Trinajstić information content (AvgIpc) is 3.37. The number of aryl methyl sites for hydroxylation is 2. The van der Waals surface area contributed by atoms with E-state index in [9.17, 15) is 9.59 Å². The standard InChI is InChI=1S/C23H21N5O2S2/c1-14-8-10-17(11-9-14)28-13-25-27-23(28)31-12-18(29)26-22-20(21(24)30)19(15(2)32-22)16-6-4-3-5-7-16/h3-11,13H,12H2,1-2H3,(H2,24,30)(H,26,29). The van der Waals surface area contributed by atoms with Crippen molar-refractivity contribution in [3.8, 4) is 16.8 Å². The molecule has 0 aliphatic carbocycles. The molecule has 0 saturated carbocycles. The number of anilines is 1. The van der Waals surface area contributed by atoms with Gasteiger partial charge in [-0.2, -0.15) is 0 Å². The van der Waals surface area contributed by atoms with Crippen molar-refractivity contribution in [2.24, 2.45) is 5.73 Å². The molecule has 0 radical (unpaired) electrons. The Morgan fingerprint density at radius 1 is 1.09 bits per heavy atom. The summed E-state index contributed by atoms with van der Waals surface area (Å²) in [4.78, 5) is 25.8. The molecule has 7 nitrogen and oxygen atoms in total. The largest absolute Gasteiger partial charge is 0.365 e. The predicted octanol–water partition coefficient (Wildman–Crippen LogP) is 4.44. The van der Waals surface area contributed by atoms with Crippen LogP contribution in [0.25, 0.3) is 16.8 Å². The van der Waals surface area contributed by atoms with Crippen molar-refractivity contribution in [1.82, 2.24) is 14.8 Å². The second kappa shape index (κ2) is 9.37. The van der Waals surface area contributed by atoms with Crippen LogP contribution < -0.4 is 11.1 Å². The van der Waals surface area contributed by atoms with Crippen molar-refractivity contribution < 1.29 is 9.59 Å². The smallest absolute Gasteiger partial charge is 0.252 e. The maximum Gasteiger partial charge on any atom is 0.252 e. The van der Waals surface area contributed by atoms with Crippen LogP contribution >= 0.6 is 23.1 Å². The summed E-state index contributed by atoms with van der Waals surface area (Å²) in [5.74, 6) is -0.715. The van der Waals surface area contributed by atoms with Crippen LogP contribution in [-0.2, 0) is 4.79 Å². The number of primary amides is 1. The van der Waals surface area contributed by atoms with Gasteiger partial charge in [0.2, 0.25) is 5.91 Å². The number of carbonyl (C=O) groups is 2. The molecule has 0 saturated heterocycles. The lowest BCUT2D eigenvalue weighted by Gasteiger charge is -2.08. The number of hydrogen-bond acceptors (Lipinski definition) is 6. The summed E-state index contributed by atoms with van der Waals surface area (Å²) in [6, 6.07) is 17.5. The molecule has 0 fully saturated rings. The van der Waals surface area contributed by atoms with E-state index >= 15 is 0 Å². The van der Waals surface area contributed by atoms with Crippen LogP contribution in [0.3, 0.4) is 0 Å². The molecule has 0 aliphatic heterocycles. The van der Waals surface area contributed by atoms with E-state index in [1.54, 1.807) is 6.33 Å². The third kappa shape index (κ3) is 4.58. The normalized spacial score (nSPS) is 10.8. The number of thioether (sulfide) groups is 1. The molecule has 0 bridgehead atoms. The molecule has 9 heteroatoms. The minimum absolute atomic E-state index is 0.111. The van der Waals surface area contributed by atoms with Gasteiger partial charge in [-0.25, -0.2) is 0 Å². The van der Waals surface area contributed by atoms with Crippen LogP contribution in [0.15, 0.2) is 66.1 Å². The van der Waals surface area contributed by atoms with Gasteiger partial charge in [-0.3, -0.25) is 14.2 Å². The first-order chi connectivity index (χ1) is 15.4. The monoisotopic (exact) mass is 463 g/mol. The van der Waals surface area contributed by atoms with Gasteiger partial charge in [0.1, 0.15) is 11.3 Å². The Hall–Kier alpha value is -3.43. The van der Waals surface area contributed by atoms with Gasteiger partial charge in [-0.15, -0.1) is 21.5 Å². The summed E-state index contributed by atoms with van der Waals surface area (Å²) in [5.41, 5.74) is 9.72. The van der Waals surface area contributed by atoms with Crippen LogP contribution in [0, 0.1) is 13.8 Å². The van der Waals surface area contributed by atoms with Crippen LogP contribution in [0.5, 0.6) is 0 Å². The Bertz CT molecular complexity index is 1260. The van der Waals surface area contributed by atoms with Gasteiger partial charge in [0.25, 0.3) is 5.91 Å². The number of thiophene rings is 1. The number of nitrogens with zero attached hydrogens (tertiary/aromatic N) is 3. The van der Waals surface area contributed by atoms with E-state index < -0.39 is 5.91 Å². The van der Waals surface area contributed by atoms with E-state index in [1.165, 1.54) is 23.1 Å². The van der Waals surface area contributed by atoms with E-state index in [4.69, 9.17) is 5.73 Å². The number of aromatic nitrogens is 3. The molecule has 0 atom stereocenters. The summed E-state index contributed by atoms with van der Waals surface area (Å²) >= 11 is 2.61. The second-order valence-corrected chi connectivity index (χ2v) is 9.29. The lowest BCUT2D eigenvalue weighted by molar-refractivity contribution is -0.113. The second-order valence-electron chi connectivity index (χ2n) is 7.12. The number of benzene rings is 2. The first kappa shape index (κ1) is 21.8. The highest BCUT2D eigenvalue weighted by molar-refractivity contribution is 7.99. The molecule has 32 heavy (non-hydrogen) atoms. The fourth-order valence-corrected chi connectivity index (χ4v) is 5.14. The summed E-state index contributed by atoms with van der Waals surface area (Å²) in [6.45, 7) is 3.93. The highest BCUT2D eigenvalue weighted by Crippen LogP contribution is 2.39. The van der Waals surface area contributed by atoms with Gasteiger partial charge in [-0.1, -0.05) is 59.8 Å². The molecule has 2 amide bonds. The van der Waals surface area contributed by atoms with Crippen LogP contribution in [0.4, 0.5) is 5.00 Å². The molecule has 4 aromatic rings. The highest BCUT2D eigenvalue weighted by atomic mass is 32.2. The first-order valence-corrected chi connectivity index (χ1v) is 11.6. The zero-order valence-electron chi connectivity index (χ0n) is 17.5. The van der Waals surface area contributed by atoms with Gasteiger partial charge in [0.05, 0.1) is 11.3 Å². The molecule has 4 rings (SSSR count). The number of nitrogens with two attached hydrogens (primary N) is 1. The topological polar surface area (TPSA) is 103 Å². The van der Waals surface area contributed by atoms with Crippen LogP contribution in [-0.4, -0.2) is 32.3 Å². The zero-order chi connectivity index (χ0) is 22.7. The maximum atomic E-state index is 12.7. The summed E-state index contributed by atoms with van der Waals surface area (Å²) in [5, 5.41) is 12.0. The number of amides is 2. The highest BCUT2D eigenvalue weighted by Gasteiger charge is 2.23. The van der Waals surface area contributed by atoms with Crippen LogP contribution in [0.1, 0.15) is 20.8 Å². The van der Waals surface area contributed by atoms with Crippen molar-refractivity contribution in [3.63, 3.8) is 0 Å². The minimum Gasteiger partial charge on any atom is -0.365 e. The maximum absolute atomic E-state index is 12.7. The molecule has 162 valence electrons. The molecule has 0 spiro atoms. The third-order valence-corrected chi connectivity index (χ3v) is 6.77. The summed E-state index contributed by atoms with van der Waals surface area (Å²) in [6.07, 6.45) is 1.62. The minimum atomic E-state index is -0.574. The molecule has 0 aliphatic rings. The van der Waals surface area contributed by atoms with E-state index in [0.717, 1.165) is 27.3 Å². The fourth-order valence-electron chi connectivity index (χ4n) is 3.32. The molecular formula is C23H21N5O2S2. The third-order valence-electron chi connectivity index (χ3n) is 4.81. The Kier molecular flexibility index (Phi) is 6.38. The van der Waals surface area contributed by atoms with Crippen molar-refractivity contribution >= 4 is 39.9 Å². The molecule has 2 heterocycles. The quantitative estimate of drug-likeness (QED) is 0.394. The van der Waals surface area contributed by atoms with Gasteiger partial charge < -0.3 is 11.1 Å². The van der Waals surface area contributed by atoms with E-state index in [1.807, 2.05) is 73.0 Å². The predicted molar refractivity (Wildman–Crippen MR) is 128 cm³/mol. The average molecular weight is 464 g/mol. The van der Waals surface area contributed by atoms with E-state index in [2.05, 4.69) is 15.5 Å². The Morgan fingerprint density at radius 3 is 2.50 bits per heavy atom. The van der Waals surface area contributed by atoms with Crippen molar-refractivity contribution in [2.75, 3.05) is 11.1 Å². The van der Waals surface area contributed by atoms with Crippen molar-refractivity contribution in [2.45, 2.75) is 19.0 Å². The van der Waals surface area contributed by atoms with Gasteiger partial charge in [0.15, 0.2) is 5.16 Å². The Labute approximate surface area is 193 Å². The van der Waals surface area contributed by atoms with E-state index in [-0.39, 0.29) is 11.7 Å². The lowest BCUT2D eigenvalue weighted by Crippen LogP contribution is -2.18. The molecule has 2 aromatic carbocycles. The number of carbonyl (C=O) groups excluding carboxylic acids is 2. The molecule has 2 aromatic heterocycles. The van der Waals surface area contributed by atoms with Crippen molar-refractivity contribution in [1.29, 1.82) is 0 Å². The summed E-state index contributed by atoms with van der Waals surface area (Å²) in [7, 11) is 0. The zero-order valence-corrected chi connectivity index (χ0v) is 19.2. The van der Waals surface area contributed by atoms with Gasteiger partial charge >= 0.3 is 0 Å². The van der Waals surface area contributed by atoms with Crippen LogP contribution in [0.2, 0.25) is 0 Å². The number of nitrogens with one attached hydrogen (secondary N) is 1. The number of rotatable bonds is 7. The number of hydrogen-bond donors (Lipinski definition) is 2. The Balaban J connectivity index is 1.51. The lowest BCUT2D eigenvalue weighted by atomic mass is 10.0.